The molecule has 1 amide bonds. The highest BCUT2D eigenvalue weighted by atomic mass is 16.6. The van der Waals surface area contributed by atoms with Gasteiger partial charge in [0.25, 0.3) is 0 Å². The molecule has 1 aromatic carbocycles. The van der Waals surface area contributed by atoms with Crippen molar-refractivity contribution in [1.82, 2.24) is 24.4 Å². The number of carbonyl (C=O) groups excluding carboxylic acids is 1. The van der Waals surface area contributed by atoms with E-state index in [0.717, 1.165) is 5.56 Å². The molecule has 1 fully saturated rings. The molecule has 1 aliphatic rings. The minimum absolute atomic E-state index is 0.237. The predicted octanol–water partition coefficient (Wildman–Crippen LogP) is 2.69. The Morgan fingerprint density at radius 2 is 1.94 bits per heavy atom. The molecule has 0 aliphatic heterocycles. The van der Waals surface area contributed by atoms with Crippen molar-refractivity contribution in [2.45, 2.75) is 64.0 Å². The quantitative estimate of drug-likeness (QED) is 0.519. The van der Waals surface area contributed by atoms with Crippen LogP contribution in [0.3, 0.4) is 0 Å². The first kappa shape index (κ1) is 23.9. The summed E-state index contributed by atoms with van der Waals surface area (Å²) < 4.78 is 7.45. The number of nitrogen functional groups attached to an aromatic ring is 1. The van der Waals surface area contributed by atoms with Crippen LogP contribution in [0.1, 0.15) is 51.8 Å². The Morgan fingerprint density at radius 3 is 2.62 bits per heavy atom. The highest BCUT2D eigenvalue weighted by molar-refractivity contribution is 5.81. The molecule has 34 heavy (non-hydrogen) atoms. The summed E-state index contributed by atoms with van der Waals surface area (Å²) in [5, 5.41) is 21.5. The Hall–Kier alpha value is -3.24. The highest BCUT2D eigenvalue weighted by Crippen LogP contribution is 2.40. The molecule has 10 heteroatoms. The van der Waals surface area contributed by atoms with Crippen molar-refractivity contribution < 1.29 is 19.7 Å². The summed E-state index contributed by atoms with van der Waals surface area (Å²) in [7, 11) is 0. The van der Waals surface area contributed by atoms with Crippen LogP contribution in [0.4, 0.5) is 10.6 Å². The molecule has 2 heterocycles. The Morgan fingerprint density at radius 1 is 1.24 bits per heavy atom. The average Bonchev–Trinajstić information content (AvgIpc) is 3.32. The van der Waals surface area contributed by atoms with Crippen LogP contribution in [-0.4, -0.2) is 65.1 Å². The number of aromatic nitrogens is 4. The Labute approximate surface area is 198 Å². The van der Waals surface area contributed by atoms with Crippen LogP contribution in [0.25, 0.3) is 11.2 Å². The third-order valence-electron chi connectivity index (χ3n) is 6.29. The number of carbonyl (C=O) groups is 1. The summed E-state index contributed by atoms with van der Waals surface area (Å²) in [6.45, 7) is 7.66. The van der Waals surface area contributed by atoms with Gasteiger partial charge in [0.2, 0.25) is 0 Å². The van der Waals surface area contributed by atoms with E-state index in [0.29, 0.717) is 17.6 Å². The number of hydrogen-bond donors (Lipinski definition) is 3. The van der Waals surface area contributed by atoms with Gasteiger partial charge >= 0.3 is 6.09 Å². The lowest BCUT2D eigenvalue weighted by Gasteiger charge is -2.35. The molecule has 0 radical (unpaired) electrons. The largest absolute Gasteiger partial charge is 0.444 e. The van der Waals surface area contributed by atoms with Gasteiger partial charge in [0.05, 0.1) is 24.5 Å². The first-order chi connectivity index (χ1) is 16.1. The molecule has 1 saturated carbocycles. The molecule has 4 N–H and O–H groups in total. The molecule has 0 spiro atoms. The number of ether oxygens (including phenoxy) is 1. The number of fused-ring (bicyclic) bond motifs is 1. The number of amides is 1. The number of anilines is 1. The van der Waals surface area contributed by atoms with E-state index in [9.17, 15) is 15.0 Å². The zero-order valence-electron chi connectivity index (χ0n) is 19.9. The van der Waals surface area contributed by atoms with E-state index in [4.69, 9.17) is 10.5 Å². The second kappa shape index (κ2) is 9.19. The van der Waals surface area contributed by atoms with Crippen molar-refractivity contribution in [3.05, 3.63) is 48.5 Å². The van der Waals surface area contributed by atoms with Crippen LogP contribution in [0.5, 0.6) is 0 Å². The molecule has 2 aromatic heterocycles. The maximum absolute atomic E-state index is 13.3. The summed E-state index contributed by atoms with van der Waals surface area (Å²) in [6, 6.07) is 8.83. The molecule has 10 nitrogen and oxygen atoms in total. The molecular formula is C24H32N6O4. The van der Waals surface area contributed by atoms with Gasteiger partial charge in [-0.2, -0.15) is 0 Å². The van der Waals surface area contributed by atoms with E-state index >= 15 is 0 Å². The van der Waals surface area contributed by atoms with Gasteiger partial charge in [-0.05, 0) is 39.7 Å². The molecule has 4 rings (SSSR count). The maximum atomic E-state index is 13.3. The molecule has 0 bridgehead atoms. The van der Waals surface area contributed by atoms with E-state index in [1.54, 1.807) is 15.8 Å². The van der Waals surface area contributed by atoms with Gasteiger partial charge in [-0.25, -0.2) is 19.7 Å². The molecule has 3 aromatic rings. The molecular weight excluding hydrogens is 436 g/mol. The standard InChI is InChI=1S/C24H32N6O4/c1-14(15-8-6-5-7-9-15)29(23(33)34-24(2,3)4)11-16-10-17(31)20(32)19(16)30-13-28-18-21(25)26-12-27-22(18)30/h5-9,12-14,16-17,19-20,31-32H,10-11H2,1-4H3,(H2,25,26,27)/t14-,16+,17+,19+,20+/m1/s1. The van der Waals surface area contributed by atoms with Crippen LogP contribution in [0, 0.1) is 5.92 Å². The Kier molecular flexibility index (Phi) is 6.46. The zero-order valence-corrected chi connectivity index (χ0v) is 19.9. The fraction of sp³-hybridized carbons (Fsp3) is 0.500. The maximum Gasteiger partial charge on any atom is 0.410 e. The normalized spacial score (nSPS) is 23.7. The van der Waals surface area contributed by atoms with Crippen molar-refractivity contribution in [3.8, 4) is 0 Å². The topological polar surface area (TPSA) is 140 Å². The Balaban J connectivity index is 1.69. The van der Waals surface area contributed by atoms with Gasteiger partial charge in [-0.1, -0.05) is 30.3 Å². The van der Waals surface area contributed by atoms with Gasteiger partial charge < -0.3 is 30.2 Å². The molecule has 182 valence electrons. The van der Waals surface area contributed by atoms with Crippen molar-refractivity contribution in [2.75, 3.05) is 12.3 Å². The second-order valence-corrected chi connectivity index (χ2v) is 9.85. The zero-order chi connectivity index (χ0) is 24.6. The first-order valence-corrected chi connectivity index (χ1v) is 11.4. The predicted molar refractivity (Wildman–Crippen MR) is 127 cm³/mol. The SMILES string of the molecule is C[C@H](c1ccccc1)N(C[C@@H]1C[C@H](O)[C@H](O)[C@H]1n1cnc2c(N)ncnc21)C(=O)OC(C)(C)C. The van der Waals surface area contributed by atoms with E-state index in [1.807, 2.05) is 58.0 Å². The van der Waals surface area contributed by atoms with Gasteiger partial charge in [-0.3, -0.25) is 0 Å². The van der Waals surface area contributed by atoms with Crippen LogP contribution >= 0.6 is 0 Å². The van der Waals surface area contributed by atoms with Crippen LogP contribution in [0.2, 0.25) is 0 Å². The lowest BCUT2D eigenvalue weighted by molar-refractivity contribution is 0.00940. The fourth-order valence-electron chi connectivity index (χ4n) is 4.63. The molecule has 1 aliphatic carbocycles. The average molecular weight is 469 g/mol. The summed E-state index contributed by atoms with van der Waals surface area (Å²) in [5.74, 6) is -0.0568. The highest BCUT2D eigenvalue weighted by Gasteiger charge is 2.45. The summed E-state index contributed by atoms with van der Waals surface area (Å²) in [6.07, 6.45) is 0.707. The fourth-order valence-corrected chi connectivity index (χ4v) is 4.63. The van der Waals surface area contributed by atoms with E-state index < -0.39 is 29.9 Å². The summed E-state index contributed by atoms with van der Waals surface area (Å²) in [4.78, 5) is 27.5. The van der Waals surface area contributed by atoms with Crippen LogP contribution in [-0.2, 0) is 4.74 Å². The van der Waals surface area contributed by atoms with Crippen molar-refractivity contribution in [3.63, 3.8) is 0 Å². The summed E-state index contributed by atoms with van der Waals surface area (Å²) in [5.41, 5.74) is 7.12. The van der Waals surface area contributed by atoms with Gasteiger partial charge in [-0.15, -0.1) is 0 Å². The van der Waals surface area contributed by atoms with Crippen molar-refractivity contribution in [1.29, 1.82) is 0 Å². The van der Waals surface area contributed by atoms with Crippen molar-refractivity contribution >= 4 is 23.1 Å². The van der Waals surface area contributed by atoms with Gasteiger partial charge in [0.1, 0.15) is 23.5 Å². The number of nitrogens with zero attached hydrogens (tertiary/aromatic N) is 5. The van der Waals surface area contributed by atoms with Gasteiger partial charge in [0.15, 0.2) is 11.5 Å². The minimum Gasteiger partial charge on any atom is -0.444 e. The number of nitrogens with two attached hydrogens (primary N) is 1. The lowest BCUT2D eigenvalue weighted by atomic mass is 9.99. The number of imidazole rings is 1. The van der Waals surface area contributed by atoms with Crippen molar-refractivity contribution in [2.24, 2.45) is 5.92 Å². The smallest absolute Gasteiger partial charge is 0.410 e. The second-order valence-electron chi connectivity index (χ2n) is 9.85. The minimum atomic E-state index is -1.06. The van der Waals surface area contributed by atoms with Crippen LogP contribution < -0.4 is 5.73 Å². The number of aliphatic hydroxyl groups excluding tert-OH is 2. The lowest BCUT2D eigenvalue weighted by Crippen LogP contribution is -2.42. The van der Waals surface area contributed by atoms with E-state index in [2.05, 4.69) is 15.0 Å². The molecule has 5 atom stereocenters. The molecule has 0 saturated heterocycles. The van der Waals surface area contributed by atoms with Gasteiger partial charge in [0, 0.05) is 12.5 Å². The third kappa shape index (κ3) is 4.69. The van der Waals surface area contributed by atoms with E-state index in [-0.39, 0.29) is 24.3 Å². The summed E-state index contributed by atoms with van der Waals surface area (Å²) >= 11 is 0. The Bertz CT molecular complexity index is 1150. The first-order valence-electron chi connectivity index (χ1n) is 11.4. The third-order valence-corrected chi connectivity index (χ3v) is 6.29. The monoisotopic (exact) mass is 468 g/mol. The van der Waals surface area contributed by atoms with E-state index in [1.165, 1.54) is 6.33 Å². The number of hydrogen-bond acceptors (Lipinski definition) is 8. The number of aliphatic hydroxyl groups is 2. The molecule has 0 unspecified atom stereocenters. The van der Waals surface area contributed by atoms with Crippen LogP contribution in [0.15, 0.2) is 43.0 Å². The number of rotatable bonds is 5. The number of benzene rings is 1.